The molecule has 9 heteroatoms. The van der Waals surface area contributed by atoms with Gasteiger partial charge in [0.1, 0.15) is 17.7 Å². The van der Waals surface area contributed by atoms with Crippen LogP contribution < -0.4 is 4.74 Å². The van der Waals surface area contributed by atoms with Crippen molar-refractivity contribution in [2.24, 2.45) is 0 Å². The molecule has 0 saturated heterocycles. The molecule has 1 atom stereocenters. The lowest BCUT2D eigenvalue weighted by Gasteiger charge is -2.25. The SMILES string of the molecule is COc1ccc([C@@H]2Cn3cnc(-c4nc(-c5ccc(Cl)c(F)c5)no4)c3CO2)cc1. The summed E-state index contributed by atoms with van der Waals surface area (Å²) >= 11 is 5.73. The summed E-state index contributed by atoms with van der Waals surface area (Å²) in [5.74, 6) is 0.765. The Morgan fingerprint density at radius 2 is 2.03 bits per heavy atom. The van der Waals surface area contributed by atoms with Crippen LogP contribution in [-0.2, 0) is 17.9 Å². The average molecular weight is 427 g/mol. The molecule has 0 saturated carbocycles. The molecule has 5 rings (SSSR count). The second-order valence-electron chi connectivity index (χ2n) is 6.82. The first kappa shape index (κ1) is 18.8. The second-order valence-corrected chi connectivity index (χ2v) is 7.22. The van der Waals surface area contributed by atoms with Gasteiger partial charge in [0, 0.05) is 5.56 Å². The minimum absolute atomic E-state index is 0.0363. The van der Waals surface area contributed by atoms with Crippen molar-refractivity contribution in [1.82, 2.24) is 19.7 Å². The Hall–Kier alpha value is -3.23. The van der Waals surface area contributed by atoms with Gasteiger partial charge in [-0.1, -0.05) is 28.9 Å². The van der Waals surface area contributed by atoms with E-state index in [2.05, 4.69) is 15.1 Å². The summed E-state index contributed by atoms with van der Waals surface area (Å²) in [6.07, 6.45) is 1.64. The molecule has 1 aliphatic rings. The van der Waals surface area contributed by atoms with Crippen LogP contribution in [0.25, 0.3) is 23.0 Å². The predicted octanol–water partition coefficient (Wildman–Crippen LogP) is 4.67. The summed E-state index contributed by atoms with van der Waals surface area (Å²) in [5, 5.41) is 3.98. The van der Waals surface area contributed by atoms with Crippen LogP contribution in [0.4, 0.5) is 4.39 Å². The van der Waals surface area contributed by atoms with Crippen molar-refractivity contribution in [3.8, 4) is 28.7 Å². The molecule has 0 bridgehead atoms. The molecule has 2 aromatic carbocycles. The number of aromatic nitrogens is 4. The average Bonchev–Trinajstić information content (AvgIpc) is 3.42. The van der Waals surface area contributed by atoms with Crippen molar-refractivity contribution in [3.05, 3.63) is 70.9 Å². The summed E-state index contributed by atoms with van der Waals surface area (Å²) in [6, 6.07) is 12.1. The van der Waals surface area contributed by atoms with Crippen molar-refractivity contribution in [2.45, 2.75) is 19.3 Å². The summed E-state index contributed by atoms with van der Waals surface area (Å²) in [4.78, 5) is 8.80. The number of hydrogen-bond donors (Lipinski definition) is 0. The minimum Gasteiger partial charge on any atom is -0.497 e. The molecule has 7 nitrogen and oxygen atoms in total. The third kappa shape index (κ3) is 3.34. The molecule has 30 heavy (non-hydrogen) atoms. The number of nitrogens with zero attached hydrogens (tertiary/aromatic N) is 4. The van der Waals surface area contributed by atoms with E-state index in [0.29, 0.717) is 24.4 Å². The van der Waals surface area contributed by atoms with Gasteiger partial charge in [0.25, 0.3) is 5.89 Å². The number of hydrogen-bond acceptors (Lipinski definition) is 6. The van der Waals surface area contributed by atoms with Crippen molar-refractivity contribution in [1.29, 1.82) is 0 Å². The first-order valence-corrected chi connectivity index (χ1v) is 9.59. The highest BCUT2D eigenvalue weighted by Crippen LogP contribution is 2.32. The van der Waals surface area contributed by atoms with E-state index >= 15 is 0 Å². The van der Waals surface area contributed by atoms with Crippen molar-refractivity contribution < 1.29 is 18.4 Å². The Morgan fingerprint density at radius 1 is 1.20 bits per heavy atom. The van der Waals surface area contributed by atoms with E-state index in [0.717, 1.165) is 17.0 Å². The second kappa shape index (κ2) is 7.55. The van der Waals surface area contributed by atoms with Crippen molar-refractivity contribution in [3.63, 3.8) is 0 Å². The number of rotatable bonds is 4. The maximum Gasteiger partial charge on any atom is 0.278 e. The monoisotopic (exact) mass is 426 g/mol. The Balaban J connectivity index is 1.39. The predicted molar refractivity (Wildman–Crippen MR) is 106 cm³/mol. The molecule has 0 fully saturated rings. The number of methoxy groups -OCH3 is 1. The van der Waals surface area contributed by atoms with Crippen LogP contribution >= 0.6 is 11.6 Å². The van der Waals surface area contributed by atoms with E-state index in [1.54, 1.807) is 19.5 Å². The lowest BCUT2D eigenvalue weighted by Crippen LogP contribution is -2.20. The summed E-state index contributed by atoms with van der Waals surface area (Å²) in [5.41, 5.74) is 2.92. The zero-order chi connectivity index (χ0) is 20.7. The van der Waals surface area contributed by atoms with Gasteiger partial charge in [0.2, 0.25) is 5.82 Å². The van der Waals surface area contributed by atoms with E-state index in [1.807, 2.05) is 28.8 Å². The zero-order valence-electron chi connectivity index (χ0n) is 15.9. The van der Waals surface area contributed by atoms with Crippen molar-refractivity contribution in [2.75, 3.05) is 7.11 Å². The van der Waals surface area contributed by atoms with Gasteiger partial charge < -0.3 is 18.6 Å². The van der Waals surface area contributed by atoms with Gasteiger partial charge >= 0.3 is 0 Å². The molecule has 0 aliphatic carbocycles. The molecule has 1 aliphatic heterocycles. The smallest absolute Gasteiger partial charge is 0.278 e. The van der Waals surface area contributed by atoms with Gasteiger partial charge in [-0.25, -0.2) is 9.37 Å². The highest BCUT2D eigenvalue weighted by atomic mass is 35.5. The number of benzene rings is 2. The Kier molecular flexibility index (Phi) is 4.72. The third-order valence-electron chi connectivity index (χ3n) is 5.02. The summed E-state index contributed by atoms with van der Waals surface area (Å²) in [7, 11) is 1.64. The molecule has 3 heterocycles. The van der Waals surface area contributed by atoms with Gasteiger partial charge in [-0.15, -0.1) is 0 Å². The van der Waals surface area contributed by atoms with E-state index in [-0.39, 0.29) is 22.8 Å². The van der Waals surface area contributed by atoms with E-state index in [1.165, 1.54) is 12.1 Å². The Bertz CT molecular complexity index is 1210. The molecule has 4 aromatic rings. The molecule has 0 radical (unpaired) electrons. The van der Waals surface area contributed by atoms with Crippen LogP contribution in [-0.4, -0.2) is 26.8 Å². The fourth-order valence-corrected chi connectivity index (χ4v) is 3.52. The molecular formula is C21H16ClFN4O3. The number of ether oxygens (including phenoxy) is 2. The fourth-order valence-electron chi connectivity index (χ4n) is 3.40. The number of imidazole rings is 1. The zero-order valence-corrected chi connectivity index (χ0v) is 16.6. The summed E-state index contributed by atoms with van der Waals surface area (Å²) in [6.45, 7) is 0.956. The maximum atomic E-state index is 13.7. The minimum atomic E-state index is -0.544. The first-order valence-electron chi connectivity index (χ1n) is 9.21. The maximum absolute atomic E-state index is 13.7. The highest BCUT2D eigenvalue weighted by molar-refractivity contribution is 6.30. The Morgan fingerprint density at radius 3 is 2.80 bits per heavy atom. The van der Waals surface area contributed by atoms with Crippen LogP contribution in [0, 0.1) is 5.82 Å². The number of fused-ring (bicyclic) bond motifs is 1. The lowest BCUT2D eigenvalue weighted by molar-refractivity contribution is 0.00328. The van der Waals surface area contributed by atoms with Gasteiger partial charge in [-0.05, 0) is 35.9 Å². The standard InChI is InChI=1S/C21H16ClFN4O3/c1-28-14-5-2-12(3-6-14)18-9-27-11-24-19(17(27)10-29-18)21-25-20(26-30-21)13-4-7-15(22)16(23)8-13/h2-8,11,18H,9-10H2,1H3/t18-/m0/s1. The number of halogens is 2. The van der Waals surface area contributed by atoms with Gasteiger partial charge in [-0.2, -0.15) is 4.98 Å². The lowest BCUT2D eigenvalue weighted by atomic mass is 10.1. The van der Waals surface area contributed by atoms with E-state index in [4.69, 9.17) is 25.6 Å². The van der Waals surface area contributed by atoms with Crippen LogP contribution in [0.2, 0.25) is 5.02 Å². The van der Waals surface area contributed by atoms with Crippen molar-refractivity contribution >= 4 is 11.6 Å². The van der Waals surface area contributed by atoms with Crippen LogP contribution in [0.5, 0.6) is 5.75 Å². The molecule has 2 aromatic heterocycles. The summed E-state index contributed by atoms with van der Waals surface area (Å²) < 4.78 is 32.4. The topological polar surface area (TPSA) is 75.2 Å². The molecule has 152 valence electrons. The van der Waals surface area contributed by atoms with Crippen LogP contribution in [0.1, 0.15) is 17.4 Å². The van der Waals surface area contributed by atoms with Gasteiger partial charge in [0.05, 0.1) is 37.3 Å². The van der Waals surface area contributed by atoms with Gasteiger partial charge in [0.15, 0.2) is 5.69 Å². The molecule has 0 amide bonds. The van der Waals surface area contributed by atoms with E-state index < -0.39 is 5.82 Å². The highest BCUT2D eigenvalue weighted by Gasteiger charge is 2.26. The largest absolute Gasteiger partial charge is 0.497 e. The molecule has 0 unspecified atom stereocenters. The van der Waals surface area contributed by atoms with E-state index in [9.17, 15) is 4.39 Å². The Labute approximate surface area is 176 Å². The molecule has 0 spiro atoms. The van der Waals surface area contributed by atoms with Crippen LogP contribution in [0.15, 0.2) is 53.3 Å². The van der Waals surface area contributed by atoms with Gasteiger partial charge in [-0.3, -0.25) is 0 Å². The molecule has 0 N–H and O–H groups in total. The normalized spacial score (nSPS) is 15.8. The quantitative estimate of drug-likeness (QED) is 0.472. The fraction of sp³-hybridized carbons (Fsp3) is 0.190. The molecular weight excluding hydrogens is 411 g/mol. The first-order chi connectivity index (χ1) is 14.6. The third-order valence-corrected chi connectivity index (χ3v) is 5.33. The van der Waals surface area contributed by atoms with Crippen LogP contribution in [0.3, 0.4) is 0 Å².